The molecule has 2 aromatic heterocycles. The summed E-state index contributed by atoms with van der Waals surface area (Å²) in [5, 5.41) is 13.3. The Hall–Kier alpha value is -2.65. The first-order valence-electron chi connectivity index (χ1n) is 5.74. The number of oxazole rings is 1. The van der Waals surface area contributed by atoms with Gasteiger partial charge in [0.05, 0.1) is 6.54 Å². The Balaban J connectivity index is 1.80. The Kier molecular flexibility index (Phi) is 3.19. The highest BCUT2D eigenvalue weighted by atomic mass is 35.5. The van der Waals surface area contributed by atoms with Crippen LogP contribution in [0.4, 0.5) is 0 Å². The van der Waals surface area contributed by atoms with E-state index < -0.39 is 0 Å². The molecule has 0 radical (unpaired) electrons. The lowest BCUT2D eigenvalue weighted by molar-refractivity contribution is 0.569. The first-order chi connectivity index (χ1) is 9.74. The predicted octanol–water partition coefficient (Wildman–Crippen LogP) is 2.51. The third-order valence-corrected chi connectivity index (χ3v) is 2.86. The van der Waals surface area contributed by atoms with Crippen molar-refractivity contribution < 1.29 is 4.42 Å². The van der Waals surface area contributed by atoms with Gasteiger partial charge in [-0.15, -0.1) is 5.10 Å². The largest absolute Gasteiger partial charge is 0.444 e. The van der Waals surface area contributed by atoms with Crippen molar-refractivity contribution in [3.05, 3.63) is 53.4 Å². The number of benzene rings is 1. The predicted molar refractivity (Wildman–Crippen MR) is 70.8 cm³/mol. The number of halogens is 1. The first-order valence-corrected chi connectivity index (χ1v) is 6.12. The summed E-state index contributed by atoms with van der Waals surface area (Å²) in [4.78, 5) is 8.18. The maximum Gasteiger partial charge on any atom is 0.252 e. The fourth-order valence-corrected chi connectivity index (χ4v) is 1.82. The Bertz CT molecular complexity index is 769. The quantitative estimate of drug-likeness (QED) is 0.738. The number of rotatable bonds is 3. The summed E-state index contributed by atoms with van der Waals surface area (Å²) in [7, 11) is 0. The normalized spacial score (nSPS) is 10.4. The van der Waals surface area contributed by atoms with E-state index in [1.54, 1.807) is 18.4 Å². The van der Waals surface area contributed by atoms with Crippen LogP contribution in [0.2, 0.25) is 5.02 Å². The van der Waals surface area contributed by atoms with E-state index in [1.807, 2.05) is 18.2 Å². The molecule has 0 N–H and O–H groups in total. The molecule has 7 heteroatoms. The van der Waals surface area contributed by atoms with Gasteiger partial charge < -0.3 is 4.42 Å². The van der Waals surface area contributed by atoms with Crippen molar-refractivity contribution in [2.75, 3.05) is 0 Å². The van der Waals surface area contributed by atoms with Gasteiger partial charge in [-0.25, -0.2) is 14.6 Å². The first kappa shape index (κ1) is 12.4. The highest BCUT2D eigenvalue weighted by Crippen LogP contribution is 2.21. The highest BCUT2D eigenvalue weighted by Gasteiger charge is 2.08. The molecule has 0 unspecified atom stereocenters. The fraction of sp³-hybridized carbons (Fsp3) is 0.0769. The van der Waals surface area contributed by atoms with Crippen LogP contribution in [0.5, 0.6) is 0 Å². The smallest absolute Gasteiger partial charge is 0.252 e. The van der Waals surface area contributed by atoms with Crippen molar-refractivity contribution in [1.29, 1.82) is 5.26 Å². The summed E-state index contributed by atoms with van der Waals surface area (Å²) in [5.74, 6) is 0.642. The molecule has 3 aromatic rings. The minimum Gasteiger partial charge on any atom is -0.444 e. The maximum absolute atomic E-state index is 8.66. The fourth-order valence-electron chi connectivity index (χ4n) is 1.69. The molecule has 6 nitrogen and oxygen atoms in total. The molecule has 0 atom stereocenters. The van der Waals surface area contributed by atoms with Gasteiger partial charge in [0, 0.05) is 10.6 Å². The molecular weight excluding hydrogens is 278 g/mol. The van der Waals surface area contributed by atoms with Crippen LogP contribution in [0.15, 0.2) is 41.3 Å². The molecule has 0 aliphatic rings. The summed E-state index contributed by atoms with van der Waals surface area (Å²) in [6.07, 6.45) is 3.03. The van der Waals surface area contributed by atoms with Crippen LogP contribution in [-0.4, -0.2) is 19.7 Å². The van der Waals surface area contributed by atoms with E-state index in [-0.39, 0.29) is 5.82 Å². The second-order valence-corrected chi connectivity index (χ2v) is 4.46. The second-order valence-electron chi connectivity index (χ2n) is 4.03. The standard InChI is InChI=1S/C13H8ClN5O/c14-10-3-1-9(2-4-10)13-17-11(7-20-13)6-19-8-16-12(5-15)18-19/h1-4,7-8H,6H2. The van der Waals surface area contributed by atoms with E-state index in [9.17, 15) is 0 Å². The van der Waals surface area contributed by atoms with E-state index in [2.05, 4.69) is 15.1 Å². The summed E-state index contributed by atoms with van der Waals surface area (Å²) in [5.41, 5.74) is 1.54. The SMILES string of the molecule is N#Cc1ncn(Cc2coc(-c3ccc(Cl)cc3)n2)n1. The van der Waals surface area contributed by atoms with Crippen LogP contribution < -0.4 is 0 Å². The zero-order valence-corrected chi connectivity index (χ0v) is 10.9. The number of aromatic nitrogens is 4. The minimum atomic E-state index is 0.131. The van der Waals surface area contributed by atoms with Crippen LogP contribution in [-0.2, 0) is 6.54 Å². The molecule has 20 heavy (non-hydrogen) atoms. The van der Waals surface area contributed by atoms with Gasteiger partial charge in [0.1, 0.15) is 24.4 Å². The monoisotopic (exact) mass is 285 g/mol. The van der Waals surface area contributed by atoms with Gasteiger partial charge in [-0.3, -0.25) is 0 Å². The summed E-state index contributed by atoms with van der Waals surface area (Å²) in [6, 6.07) is 9.09. The lowest BCUT2D eigenvalue weighted by Crippen LogP contribution is -2.00. The Labute approximate surface area is 119 Å². The van der Waals surface area contributed by atoms with Crippen molar-refractivity contribution in [2.24, 2.45) is 0 Å². The molecule has 0 aliphatic heterocycles. The Morgan fingerprint density at radius 2 is 2.10 bits per heavy atom. The molecule has 0 fully saturated rings. The molecule has 3 rings (SSSR count). The van der Waals surface area contributed by atoms with Gasteiger partial charge in [-0.1, -0.05) is 11.6 Å². The number of hydrogen-bond acceptors (Lipinski definition) is 5. The zero-order valence-electron chi connectivity index (χ0n) is 10.2. The van der Waals surface area contributed by atoms with Crippen molar-refractivity contribution >= 4 is 11.6 Å². The van der Waals surface area contributed by atoms with Crippen LogP contribution >= 0.6 is 11.6 Å². The summed E-state index contributed by atoms with van der Waals surface area (Å²) in [6.45, 7) is 0.395. The second kappa shape index (κ2) is 5.15. The van der Waals surface area contributed by atoms with Gasteiger partial charge in [-0.2, -0.15) is 5.26 Å². The van der Waals surface area contributed by atoms with Crippen molar-refractivity contribution in [1.82, 2.24) is 19.7 Å². The highest BCUT2D eigenvalue weighted by molar-refractivity contribution is 6.30. The topological polar surface area (TPSA) is 80.5 Å². The van der Waals surface area contributed by atoms with Crippen molar-refractivity contribution in [3.8, 4) is 17.5 Å². The third-order valence-electron chi connectivity index (χ3n) is 2.60. The molecule has 0 spiro atoms. The molecular formula is C13H8ClN5O. The van der Waals surface area contributed by atoms with E-state index in [4.69, 9.17) is 21.3 Å². The molecule has 0 saturated carbocycles. The van der Waals surface area contributed by atoms with Crippen LogP contribution in [0.25, 0.3) is 11.5 Å². The molecule has 98 valence electrons. The van der Waals surface area contributed by atoms with Crippen molar-refractivity contribution in [3.63, 3.8) is 0 Å². The van der Waals surface area contributed by atoms with E-state index in [1.165, 1.54) is 11.0 Å². The van der Waals surface area contributed by atoms with Crippen LogP contribution in [0.3, 0.4) is 0 Å². The minimum absolute atomic E-state index is 0.131. The maximum atomic E-state index is 8.66. The third kappa shape index (κ3) is 2.53. The zero-order chi connectivity index (χ0) is 13.9. The average Bonchev–Trinajstić information content (AvgIpc) is 3.09. The van der Waals surface area contributed by atoms with Gasteiger partial charge in [0.25, 0.3) is 5.82 Å². The lowest BCUT2D eigenvalue weighted by Gasteiger charge is -1.95. The van der Waals surface area contributed by atoms with Crippen molar-refractivity contribution in [2.45, 2.75) is 6.54 Å². The van der Waals surface area contributed by atoms with E-state index in [0.29, 0.717) is 23.2 Å². The van der Waals surface area contributed by atoms with Gasteiger partial charge in [0.2, 0.25) is 5.89 Å². The number of hydrogen-bond donors (Lipinski definition) is 0. The molecule has 0 aliphatic carbocycles. The van der Waals surface area contributed by atoms with E-state index >= 15 is 0 Å². The number of nitrogens with zero attached hydrogens (tertiary/aromatic N) is 5. The summed E-state index contributed by atoms with van der Waals surface area (Å²) >= 11 is 5.83. The summed E-state index contributed by atoms with van der Waals surface area (Å²) < 4.78 is 6.94. The molecule has 0 amide bonds. The molecule has 0 bridgehead atoms. The Morgan fingerprint density at radius 3 is 2.80 bits per heavy atom. The van der Waals surface area contributed by atoms with Gasteiger partial charge >= 0.3 is 0 Å². The molecule has 0 saturated heterocycles. The van der Waals surface area contributed by atoms with Gasteiger partial charge in [0.15, 0.2) is 0 Å². The van der Waals surface area contributed by atoms with Crippen LogP contribution in [0, 0.1) is 11.3 Å². The van der Waals surface area contributed by atoms with Gasteiger partial charge in [-0.05, 0) is 24.3 Å². The molecule has 2 heterocycles. The molecule has 1 aromatic carbocycles. The average molecular weight is 286 g/mol. The Morgan fingerprint density at radius 1 is 1.30 bits per heavy atom. The lowest BCUT2D eigenvalue weighted by atomic mass is 10.2. The van der Waals surface area contributed by atoms with Crippen LogP contribution in [0.1, 0.15) is 11.5 Å². The van der Waals surface area contributed by atoms with E-state index in [0.717, 1.165) is 5.56 Å². The number of nitriles is 1.